The third kappa shape index (κ3) is 3.95. The molecular weight excluding hydrogens is 446 g/mol. The highest BCUT2D eigenvalue weighted by atomic mass is 79.9. The number of hydrogen-bond donors (Lipinski definition) is 0. The number of benzene rings is 2. The number of rotatable bonds is 3. The van der Waals surface area contributed by atoms with Gasteiger partial charge in [-0.05, 0) is 42.5 Å². The third-order valence-corrected chi connectivity index (χ3v) is 5.73. The van der Waals surface area contributed by atoms with Crippen LogP contribution in [0.25, 0.3) is 0 Å². The highest BCUT2D eigenvalue weighted by Gasteiger charge is 2.30. The van der Waals surface area contributed by atoms with Crippen LogP contribution in [0.3, 0.4) is 0 Å². The van der Waals surface area contributed by atoms with Crippen molar-refractivity contribution in [3.8, 4) is 5.75 Å². The third-order valence-electron chi connectivity index (χ3n) is 4.98. The highest BCUT2D eigenvalue weighted by Crippen LogP contribution is 2.34. The van der Waals surface area contributed by atoms with Crippen LogP contribution in [-0.4, -0.2) is 56.0 Å². The minimum atomic E-state index is -0.206. The zero-order valence-corrected chi connectivity index (χ0v) is 17.4. The smallest absolute Gasteiger partial charge is 0.265 e. The molecule has 0 aromatic heterocycles. The Hall–Kier alpha value is -2.25. The minimum absolute atomic E-state index is 0.0256. The lowest BCUT2D eigenvalue weighted by molar-refractivity contribution is -0.132. The monoisotopic (exact) mass is 463 g/mol. The van der Waals surface area contributed by atoms with Gasteiger partial charge in [-0.15, -0.1) is 0 Å². The molecule has 1 fully saturated rings. The number of nitrogens with zero attached hydrogens (tertiary/aromatic N) is 3. The molecule has 0 N–H and O–H groups in total. The van der Waals surface area contributed by atoms with Gasteiger partial charge in [0, 0.05) is 41.4 Å². The molecule has 0 aliphatic carbocycles. The van der Waals surface area contributed by atoms with Gasteiger partial charge in [0.2, 0.25) is 5.91 Å². The Bertz CT molecular complexity index is 898. The molecular formula is C20H19BrClN3O3. The van der Waals surface area contributed by atoms with E-state index in [0.29, 0.717) is 29.5 Å². The number of anilines is 2. The van der Waals surface area contributed by atoms with E-state index < -0.39 is 0 Å². The van der Waals surface area contributed by atoms with Gasteiger partial charge in [-0.1, -0.05) is 27.5 Å². The van der Waals surface area contributed by atoms with E-state index in [1.807, 2.05) is 41.3 Å². The summed E-state index contributed by atoms with van der Waals surface area (Å²) < 4.78 is 6.35. The molecule has 8 heteroatoms. The summed E-state index contributed by atoms with van der Waals surface area (Å²) in [5.41, 5.74) is 1.73. The summed E-state index contributed by atoms with van der Waals surface area (Å²) in [6.45, 7) is 2.70. The zero-order chi connectivity index (χ0) is 19.7. The van der Waals surface area contributed by atoms with Gasteiger partial charge in [0.15, 0.2) is 6.61 Å². The summed E-state index contributed by atoms with van der Waals surface area (Å²) in [5, 5.41) is 0.708. The van der Waals surface area contributed by atoms with E-state index in [0.717, 1.165) is 23.2 Å². The molecule has 2 heterocycles. The van der Waals surface area contributed by atoms with Crippen molar-refractivity contribution in [1.82, 2.24) is 4.90 Å². The van der Waals surface area contributed by atoms with Crippen molar-refractivity contribution in [2.24, 2.45) is 0 Å². The molecule has 0 spiro atoms. The van der Waals surface area contributed by atoms with Crippen molar-refractivity contribution in [3.05, 3.63) is 52.0 Å². The molecule has 2 aliphatic rings. The molecule has 6 nitrogen and oxygen atoms in total. The SMILES string of the molecule is O=C(CN1C(=O)COc2cc(Br)ccc21)N1CCN(c2ccc(Cl)cc2)CC1. The maximum atomic E-state index is 12.8. The maximum Gasteiger partial charge on any atom is 0.265 e. The van der Waals surface area contributed by atoms with Crippen molar-refractivity contribution in [1.29, 1.82) is 0 Å². The summed E-state index contributed by atoms with van der Waals surface area (Å²) in [6.07, 6.45) is 0. The minimum Gasteiger partial charge on any atom is -0.482 e. The molecule has 2 amide bonds. The molecule has 0 atom stereocenters. The van der Waals surface area contributed by atoms with Gasteiger partial charge in [-0.25, -0.2) is 0 Å². The van der Waals surface area contributed by atoms with Crippen molar-refractivity contribution in [2.75, 3.05) is 49.1 Å². The van der Waals surface area contributed by atoms with Gasteiger partial charge in [0.05, 0.1) is 5.69 Å². The number of carbonyl (C=O) groups is 2. The standard InChI is InChI=1S/C20H19BrClN3O3/c21-14-1-6-17-18(11-14)28-13-20(27)25(17)12-19(26)24-9-7-23(8-10-24)16-4-2-15(22)3-5-16/h1-6,11H,7-10,12-13H2. The molecule has 2 aliphatic heterocycles. The van der Waals surface area contributed by atoms with Crippen LogP contribution in [-0.2, 0) is 9.59 Å². The number of hydrogen-bond acceptors (Lipinski definition) is 4. The first-order valence-electron chi connectivity index (χ1n) is 9.02. The van der Waals surface area contributed by atoms with Crippen LogP contribution in [0.2, 0.25) is 5.02 Å². The van der Waals surface area contributed by atoms with Crippen molar-refractivity contribution in [2.45, 2.75) is 0 Å². The van der Waals surface area contributed by atoms with Crippen molar-refractivity contribution in [3.63, 3.8) is 0 Å². The predicted octanol–water partition coefficient (Wildman–Crippen LogP) is 3.18. The van der Waals surface area contributed by atoms with Crippen LogP contribution in [0.1, 0.15) is 0 Å². The predicted molar refractivity (Wildman–Crippen MR) is 112 cm³/mol. The molecule has 28 heavy (non-hydrogen) atoms. The number of amides is 2. The van der Waals surface area contributed by atoms with Crippen LogP contribution < -0.4 is 14.5 Å². The van der Waals surface area contributed by atoms with Crippen LogP contribution in [0.5, 0.6) is 5.75 Å². The second-order valence-corrected chi connectivity index (χ2v) is 8.08. The fourth-order valence-electron chi connectivity index (χ4n) is 3.45. The van der Waals surface area contributed by atoms with E-state index in [9.17, 15) is 9.59 Å². The summed E-state index contributed by atoms with van der Waals surface area (Å²) in [4.78, 5) is 30.7. The molecule has 2 aromatic carbocycles. The van der Waals surface area contributed by atoms with Crippen LogP contribution in [0.4, 0.5) is 11.4 Å². The van der Waals surface area contributed by atoms with Crippen LogP contribution >= 0.6 is 27.5 Å². The maximum absolute atomic E-state index is 12.8. The zero-order valence-electron chi connectivity index (χ0n) is 15.1. The van der Waals surface area contributed by atoms with E-state index in [4.69, 9.17) is 16.3 Å². The van der Waals surface area contributed by atoms with E-state index >= 15 is 0 Å². The Morgan fingerprint density at radius 3 is 2.50 bits per heavy atom. The van der Waals surface area contributed by atoms with E-state index in [1.54, 1.807) is 6.07 Å². The van der Waals surface area contributed by atoms with E-state index in [1.165, 1.54) is 4.90 Å². The quantitative estimate of drug-likeness (QED) is 0.700. The largest absolute Gasteiger partial charge is 0.482 e. The first-order valence-corrected chi connectivity index (χ1v) is 10.2. The van der Waals surface area contributed by atoms with E-state index in [-0.39, 0.29) is 25.0 Å². The Balaban J connectivity index is 1.40. The van der Waals surface area contributed by atoms with E-state index in [2.05, 4.69) is 20.8 Å². The van der Waals surface area contributed by atoms with Gasteiger partial charge in [0.1, 0.15) is 12.3 Å². The lowest BCUT2D eigenvalue weighted by atomic mass is 10.2. The molecule has 146 valence electrons. The highest BCUT2D eigenvalue weighted by molar-refractivity contribution is 9.10. The normalized spacial score (nSPS) is 16.6. The summed E-state index contributed by atoms with van der Waals surface area (Å²) in [7, 11) is 0. The summed E-state index contributed by atoms with van der Waals surface area (Å²) >= 11 is 9.35. The first kappa shape index (κ1) is 19.1. The van der Waals surface area contributed by atoms with Crippen molar-refractivity contribution < 1.29 is 14.3 Å². The number of ether oxygens (including phenoxy) is 1. The Morgan fingerprint density at radius 1 is 1.07 bits per heavy atom. The molecule has 1 saturated heterocycles. The number of halogens is 2. The average Bonchev–Trinajstić information content (AvgIpc) is 2.71. The van der Waals surface area contributed by atoms with Gasteiger partial charge < -0.3 is 14.5 Å². The van der Waals surface area contributed by atoms with Crippen LogP contribution in [0.15, 0.2) is 46.9 Å². The number of piperazine rings is 1. The summed E-state index contributed by atoms with van der Waals surface area (Å²) in [6, 6.07) is 13.2. The molecule has 0 unspecified atom stereocenters. The Labute approximate surface area is 176 Å². The number of fused-ring (bicyclic) bond motifs is 1. The molecule has 2 aromatic rings. The van der Waals surface area contributed by atoms with Crippen molar-refractivity contribution >= 4 is 50.7 Å². The second kappa shape index (κ2) is 8.01. The van der Waals surface area contributed by atoms with Crippen LogP contribution in [0, 0.1) is 0 Å². The molecule has 0 radical (unpaired) electrons. The fraction of sp³-hybridized carbons (Fsp3) is 0.300. The van der Waals surface area contributed by atoms with Gasteiger partial charge >= 0.3 is 0 Å². The fourth-order valence-corrected chi connectivity index (χ4v) is 3.92. The number of carbonyl (C=O) groups excluding carboxylic acids is 2. The molecule has 0 saturated carbocycles. The topological polar surface area (TPSA) is 53.1 Å². The van der Waals surface area contributed by atoms with Gasteiger partial charge in [-0.2, -0.15) is 0 Å². The Kier molecular flexibility index (Phi) is 5.46. The lowest BCUT2D eigenvalue weighted by Crippen LogP contribution is -2.53. The lowest BCUT2D eigenvalue weighted by Gasteiger charge is -2.37. The second-order valence-electron chi connectivity index (χ2n) is 6.72. The Morgan fingerprint density at radius 2 is 1.79 bits per heavy atom. The molecule has 0 bridgehead atoms. The first-order chi connectivity index (χ1) is 13.5. The van der Waals surface area contributed by atoms with Gasteiger partial charge in [-0.3, -0.25) is 14.5 Å². The summed E-state index contributed by atoms with van der Waals surface area (Å²) in [5.74, 6) is 0.345. The molecule has 4 rings (SSSR count). The average molecular weight is 465 g/mol. The van der Waals surface area contributed by atoms with Gasteiger partial charge in [0.25, 0.3) is 5.91 Å².